The number of fused-ring (bicyclic) bond motifs is 2. The Morgan fingerprint density at radius 2 is 1.96 bits per heavy atom. The van der Waals surface area contributed by atoms with Crippen molar-refractivity contribution in [2.45, 2.75) is 19.5 Å². The maximum atomic E-state index is 13.3. The second-order valence-corrected chi connectivity index (χ2v) is 6.01. The topological polar surface area (TPSA) is 58.1 Å². The highest BCUT2D eigenvalue weighted by atomic mass is 19.1. The summed E-state index contributed by atoms with van der Waals surface area (Å²) in [6.07, 6.45) is 0.815. The average molecular weight is 325 g/mol. The molecule has 1 N–H and O–H groups in total. The molecule has 1 aliphatic rings. The third-order valence-corrected chi connectivity index (χ3v) is 4.51. The van der Waals surface area contributed by atoms with Gasteiger partial charge in [-0.15, -0.1) is 0 Å². The predicted octanol–water partition coefficient (Wildman–Crippen LogP) is 2.05. The Hall–Kier alpha value is -2.89. The molecule has 3 aromatic rings. The molecule has 0 saturated carbocycles. The molecule has 4 rings (SSSR count). The lowest BCUT2D eigenvalue weighted by Gasteiger charge is -2.29. The second kappa shape index (κ2) is 5.63. The molecule has 0 fully saturated rings. The number of aromatic nitrogens is 2. The predicted molar refractivity (Wildman–Crippen MR) is 88.1 cm³/mol. The van der Waals surface area contributed by atoms with E-state index in [2.05, 4.69) is 11.1 Å². The molecule has 1 aliphatic heterocycles. The minimum Gasteiger partial charge on any atom is -0.336 e. The molecule has 1 amide bonds. The lowest BCUT2D eigenvalue weighted by molar-refractivity contribution is -0.132. The molecular weight excluding hydrogens is 309 g/mol. The van der Waals surface area contributed by atoms with E-state index in [9.17, 15) is 14.0 Å². The maximum Gasteiger partial charge on any atom is 0.326 e. The fourth-order valence-corrected chi connectivity index (χ4v) is 3.24. The van der Waals surface area contributed by atoms with Crippen molar-refractivity contribution in [1.29, 1.82) is 0 Å². The summed E-state index contributed by atoms with van der Waals surface area (Å²) in [5, 5.41) is 0. The van der Waals surface area contributed by atoms with Gasteiger partial charge < -0.3 is 9.88 Å². The normalized spacial score (nSPS) is 14.0. The van der Waals surface area contributed by atoms with Crippen LogP contribution in [0.25, 0.3) is 11.0 Å². The van der Waals surface area contributed by atoms with E-state index in [4.69, 9.17) is 0 Å². The number of aromatic amines is 1. The van der Waals surface area contributed by atoms with Gasteiger partial charge in [0.25, 0.3) is 0 Å². The number of benzene rings is 2. The van der Waals surface area contributed by atoms with E-state index >= 15 is 0 Å². The summed E-state index contributed by atoms with van der Waals surface area (Å²) >= 11 is 0. The van der Waals surface area contributed by atoms with Crippen LogP contribution in [0.3, 0.4) is 0 Å². The van der Waals surface area contributed by atoms with Crippen molar-refractivity contribution in [2.24, 2.45) is 0 Å². The van der Waals surface area contributed by atoms with Crippen LogP contribution in [0.5, 0.6) is 0 Å². The van der Waals surface area contributed by atoms with Crippen molar-refractivity contribution in [2.75, 3.05) is 6.54 Å². The smallest absolute Gasteiger partial charge is 0.326 e. The molecule has 6 heteroatoms. The highest BCUT2D eigenvalue weighted by Gasteiger charge is 2.21. The lowest BCUT2D eigenvalue weighted by atomic mass is 10.00. The van der Waals surface area contributed by atoms with Crippen molar-refractivity contribution < 1.29 is 9.18 Å². The Morgan fingerprint density at radius 1 is 1.17 bits per heavy atom. The van der Waals surface area contributed by atoms with Gasteiger partial charge in [0.05, 0.1) is 11.0 Å². The summed E-state index contributed by atoms with van der Waals surface area (Å²) in [5.74, 6) is -0.535. The molecule has 0 bridgehead atoms. The summed E-state index contributed by atoms with van der Waals surface area (Å²) < 4.78 is 14.6. The van der Waals surface area contributed by atoms with E-state index in [-0.39, 0.29) is 12.5 Å². The number of nitrogens with zero attached hydrogens (tertiary/aromatic N) is 2. The first kappa shape index (κ1) is 14.7. The number of carbonyl (C=O) groups is 1. The van der Waals surface area contributed by atoms with Gasteiger partial charge >= 0.3 is 5.69 Å². The van der Waals surface area contributed by atoms with Crippen LogP contribution in [0.1, 0.15) is 11.1 Å². The molecular formula is C18H16FN3O2. The van der Waals surface area contributed by atoms with Crippen molar-refractivity contribution >= 4 is 16.9 Å². The Balaban J connectivity index is 1.59. The van der Waals surface area contributed by atoms with Crippen LogP contribution >= 0.6 is 0 Å². The van der Waals surface area contributed by atoms with E-state index in [1.807, 2.05) is 18.2 Å². The Labute approximate surface area is 137 Å². The van der Waals surface area contributed by atoms with Crippen molar-refractivity contribution in [3.63, 3.8) is 0 Å². The zero-order valence-electron chi connectivity index (χ0n) is 13.0. The number of halogens is 1. The molecule has 0 aliphatic carbocycles. The first-order valence-corrected chi connectivity index (χ1v) is 7.84. The molecule has 0 spiro atoms. The largest absolute Gasteiger partial charge is 0.336 e. The molecule has 0 unspecified atom stereocenters. The van der Waals surface area contributed by atoms with Gasteiger partial charge in [0.15, 0.2) is 0 Å². The second-order valence-electron chi connectivity index (χ2n) is 6.01. The van der Waals surface area contributed by atoms with Gasteiger partial charge in [-0.25, -0.2) is 9.18 Å². The number of imidazole rings is 1. The van der Waals surface area contributed by atoms with Crippen LogP contribution in [0.15, 0.2) is 47.3 Å². The van der Waals surface area contributed by atoms with Gasteiger partial charge in [-0.05, 0) is 35.7 Å². The zero-order chi connectivity index (χ0) is 16.7. The molecule has 1 aromatic heterocycles. The first-order valence-electron chi connectivity index (χ1n) is 7.84. The lowest BCUT2D eigenvalue weighted by Crippen LogP contribution is -2.39. The van der Waals surface area contributed by atoms with Crippen LogP contribution in [-0.2, 0) is 24.3 Å². The fraction of sp³-hybridized carbons (Fsp3) is 0.222. The number of rotatable bonds is 2. The number of amides is 1. The van der Waals surface area contributed by atoms with E-state index in [1.165, 1.54) is 28.3 Å². The SMILES string of the molecule is O=C(Cn1c(=O)[nH]c2cc(F)ccc21)N1CCc2ccccc2C1. The fourth-order valence-electron chi connectivity index (χ4n) is 3.24. The van der Waals surface area contributed by atoms with Gasteiger partial charge in [0, 0.05) is 13.1 Å². The number of H-pyrrole nitrogens is 1. The van der Waals surface area contributed by atoms with E-state index in [0.29, 0.717) is 24.1 Å². The molecule has 5 nitrogen and oxygen atoms in total. The van der Waals surface area contributed by atoms with Crippen LogP contribution in [0, 0.1) is 5.82 Å². The van der Waals surface area contributed by atoms with E-state index < -0.39 is 11.5 Å². The van der Waals surface area contributed by atoms with Gasteiger partial charge in [-0.2, -0.15) is 0 Å². The summed E-state index contributed by atoms with van der Waals surface area (Å²) in [6.45, 7) is 1.15. The number of hydrogen-bond donors (Lipinski definition) is 1. The summed E-state index contributed by atoms with van der Waals surface area (Å²) in [7, 11) is 0. The van der Waals surface area contributed by atoms with Gasteiger partial charge in [-0.3, -0.25) is 9.36 Å². The molecule has 122 valence electrons. The van der Waals surface area contributed by atoms with Gasteiger partial charge in [0.2, 0.25) is 5.91 Å². The Bertz CT molecular complexity index is 989. The van der Waals surface area contributed by atoms with Crippen molar-refractivity contribution in [1.82, 2.24) is 14.5 Å². The van der Waals surface area contributed by atoms with Gasteiger partial charge in [0.1, 0.15) is 12.4 Å². The van der Waals surface area contributed by atoms with Crippen LogP contribution < -0.4 is 5.69 Å². The summed E-state index contributed by atoms with van der Waals surface area (Å²) in [6, 6.07) is 12.1. The van der Waals surface area contributed by atoms with Crippen molar-refractivity contribution in [3.05, 3.63) is 69.9 Å². The third kappa shape index (κ3) is 2.50. The van der Waals surface area contributed by atoms with Crippen LogP contribution in [-0.4, -0.2) is 26.9 Å². The number of carbonyl (C=O) groups excluding carboxylic acids is 1. The molecule has 2 aromatic carbocycles. The summed E-state index contributed by atoms with van der Waals surface area (Å²) in [4.78, 5) is 29.0. The minimum absolute atomic E-state index is 0.0490. The number of nitrogens with one attached hydrogen (secondary N) is 1. The minimum atomic E-state index is -0.421. The summed E-state index contributed by atoms with van der Waals surface area (Å²) in [5.41, 5.74) is 2.94. The van der Waals surface area contributed by atoms with Crippen LogP contribution in [0.2, 0.25) is 0 Å². The van der Waals surface area contributed by atoms with Gasteiger partial charge in [-0.1, -0.05) is 24.3 Å². The highest BCUT2D eigenvalue weighted by Crippen LogP contribution is 2.19. The third-order valence-electron chi connectivity index (χ3n) is 4.51. The standard InChI is InChI=1S/C18H16FN3O2/c19-14-5-6-16-15(9-14)20-18(24)22(16)11-17(23)21-8-7-12-3-1-2-4-13(12)10-21/h1-6,9H,7-8,10-11H2,(H,20,24). The molecule has 0 saturated heterocycles. The Kier molecular flexibility index (Phi) is 3.45. The molecule has 2 heterocycles. The number of hydrogen-bond acceptors (Lipinski definition) is 2. The Morgan fingerprint density at radius 3 is 2.79 bits per heavy atom. The highest BCUT2D eigenvalue weighted by molar-refractivity contribution is 5.80. The average Bonchev–Trinajstić information content (AvgIpc) is 2.89. The zero-order valence-corrected chi connectivity index (χ0v) is 13.0. The maximum absolute atomic E-state index is 13.3. The van der Waals surface area contributed by atoms with E-state index in [0.717, 1.165) is 12.0 Å². The van der Waals surface area contributed by atoms with E-state index in [1.54, 1.807) is 4.90 Å². The quantitative estimate of drug-likeness (QED) is 0.784. The molecule has 0 atom stereocenters. The first-order chi connectivity index (χ1) is 11.6. The monoisotopic (exact) mass is 325 g/mol. The molecule has 0 radical (unpaired) electrons. The van der Waals surface area contributed by atoms with Crippen molar-refractivity contribution in [3.8, 4) is 0 Å². The van der Waals surface area contributed by atoms with Crippen LogP contribution in [0.4, 0.5) is 4.39 Å². The molecule has 24 heavy (non-hydrogen) atoms.